The number of para-hydroxylation sites is 1. The van der Waals surface area contributed by atoms with E-state index in [0.717, 1.165) is 10.6 Å². The molecule has 0 saturated carbocycles. The molecule has 11 heteroatoms. The van der Waals surface area contributed by atoms with Gasteiger partial charge in [-0.2, -0.15) is 13.2 Å². The van der Waals surface area contributed by atoms with Gasteiger partial charge in [0.25, 0.3) is 5.91 Å². The zero-order chi connectivity index (χ0) is 25.5. The second-order valence-corrected chi connectivity index (χ2v) is 8.27. The van der Waals surface area contributed by atoms with E-state index in [1.165, 1.54) is 35.2 Å². The summed E-state index contributed by atoms with van der Waals surface area (Å²) in [4.78, 5) is 41.8. The Morgan fingerprint density at radius 3 is 2.49 bits per heavy atom. The third-order valence-electron chi connectivity index (χ3n) is 6.10. The van der Waals surface area contributed by atoms with Crippen LogP contribution in [0.4, 0.5) is 13.2 Å². The molecule has 0 unspecified atom stereocenters. The van der Waals surface area contributed by atoms with Crippen LogP contribution in [0.15, 0.2) is 49.1 Å². The predicted octanol–water partition coefficient (Wildman–Crippen LogP) is 3.13. The number of carbonyl (C=O) groups is 3. The van der Waals surface area contributed by atoms with Crippen LogP contribution in [-0.2, 0) is 11.0 Å². The summed E-state index contributed by atoms with van der Waals surface area (Å²) in [7, 11) is 0. The molecule has 3 amide bonds. The summed E-state index contributed by atoms with van der Waals surface area (Å²) in [5.74, 6) is -2.99. The lowest BCUT2D eigenvalue weighted by Crippen LogP contribution is -2.38. The summed E-state index contributed by atoms with van der Waals surface area (Å²) in [5.41, 5.74) is 10.2. The Labute approximate surface area is 198 Å². The number of hydrogen-bond donors (Lipinski definition) is 2. The molecule has 4 rings (SSSR count). The number of benzene rings is 2. The summed E-state index contributed by atoms with van der Waals surface area (Å²) in [5, 5.41) is 0. The minimum absolute atomic E-state index is 0.0772. The molecule has 1 aromatic heterocycles. The van der Waals surface area contributed by atoms with Gasteiger partial charge in [-0.1, -0.05) is 18.7 Å². The van der Waals surface area contributed by atoms with Gasteiger partial charge in [-0.3, -0.25) is 19.0 Å². The molecule has 1 fully saturated rings. The molecule has 0 radical (unpaired) electrons. The van der Waals surface area contributed by atoms with Crippen molar-refractivity contribution in [3.8, 4) is 5.69 Å². The highest BCUT2D eigenvalue weighted by atomic mass is 19.4. The number of imidazole rings is 1. The van der Waals surface area contributed by atoms with Gasteiger partial charge in [0.05, 0.1) is 22.3 Å². The average Bonchev–Trinajstić information content (AvgIpc) is 3.21. The maximum Gasteiger partial charge on any atom is 0.418 e. The number of alkyl halides is 3. The van der Waals surface area contributed by atoms with Crippen LogP contribution in [0.25, 0.3) is 16.7 Å². The van der Waals surface area contributed by atoms with E-state index in [1.807, 2.05) is 0 Å². The Kier molecular flexibility index (Phi) is 6.10. The zero-order valence-electron chi connectivity index (χ0n) is 18.5. The Hall–Kier alpha value is -4.15. The molecule has 1 saturated heterocycles. The summed E-state index contributed by atoms with van der Waals surface area (Å²) in [6, 6.07) is 7.77. The SMILES string of the molecule is C=CC(=O)N1CCC[C@H](c2cccc(C(F)(F)F)c2-n2c(C(N)=O)nc3cc(C(N)=O)ccc32)C1. The first-order valence-electron chi connectivity index (χ1n) is 10.8. The van der Waals surface area contributed by atoms with Crippen molar-refractivity contribution in [2.45, 2.75) is 24.9 Å². The van der Waals surface area contributed by atoms with Gasteiger partial charge in [0.1, 0.15) is 0 Å². The molecule has 1 aliphatic heterocycles. The lowest BCUT2D eigenvalue weighted by Gasteiger charge is -2.34. The van der Waals surface area contributed by atoms with Crippen molar-refractivity contribution in [1.29, 1.82) is 0 Å². The summed E-state index contributed by atoms with van der Waals surface area (Å²) in [6.07, 6.45) is -2.50. The first-order chi connectivity index (χ1) is 16.5. The van der Waals surface area contributed by atoms with Gasteiger partial charge >= 0.3 is 6.18 Å². The van der Waals surface area contributed by atoms with Gasteiger partial charge in [0.2, 0.25) is 17.6 Å². The van der Waals surface area contributed by atoms with E-state index in [9.17, 15) is 27.6 Å². The lowest BCUT2D eigenvalue weighted by atomic mass is 9.87. The Morgan fingerprint density at radius 2 is 1.86 bits per heavy atom. The van der Waals surface area contributed by atoms with Crippen molar-refractivity contribution < 1.29 is 27.6 Å². The van der Waals surface area contributed by atoms with E-state index in [2.05, 4.69) is 11.6 Å². The molecule has 35 heavy (non-hydrogen) atoms. The van der Waals surface area contributed by atoms with Crippen molar-refractivity contribution in [2.75, 3.05) is 13.1 Å². The highest BCUT2D eigenvalue weighted by molar-refractivity contribution is 5.99. The van der Waals surface area contributed by atoms with Crippen molar-refractivity contribution in [3.63, 3.8) is 0 Å². The number of halogens is 3. The minimum atomic E-state index is -4.77. The normalized spacial score (nSPS) is 16.3. The molecule has 0 spiro atoms. The van der Waals surface area contributed by atoms with Crippen LogP contribution in [0.2, 0.25) is 0 Å². The highest BCUT2D eigenvalue weighted by Gasteiger charge is 2.38. The molecule has 3 aromatic rings. The van der Waals surface area contributed by atoms with Gasteiger partial charge in [-0.05, 0) is 48.7 Å². The van der Waals surface area contributed by atoms with E-state index < -0.39 is 35.3 Å². The van der Waals surface area contributed by atoms with Crippen LogP contribution in [0.1, 0.15) is 50.9 Å². The van der Waals surface area contributed by atoms with E-state index in [4.69, 9.17) is 11.5 Å². The molecule has 1 aliphatic rings. The van der Waals surface area contributed by atoms with Crippen molar-refractivity contribution >= 4 is 28.8 Å². The van der Waals surface area contributed by atoms with Crippen LogP contribution in [0.3, 0.4) is 0 Å². The number of likely N-dealkylation sites (tertiary alicyclic amines) is 1. The monoisotopic (exact) mass is 485 g/mol. The fourth-order valence-corrected chi connectivity index (χ4v) is 4.55. The third kappa shape index (κ3) is 4.36. The predicted molar refractivity (Wildman–Crippen MR) is 122 cm³/mol. The fraction of sp³-hybridized carbons (Fsp3) is 0.250. The molecule has 0 bridgehead atoms. The Morgan fingerprint density at radius 1 is 1.11 bits per heavy atom. The standard InChI is InChI=1S/C24H22F3N5O3/c1-2-19(33)31-10-4-5-14(12-31)15-6-3-7-16(24(25,26)27)20(15)32-18-9-8-13(21(28)34)11-17(18)30-23(32)22(29)35/h2-3,6-9,11,14H,1,4-5,10,12H2,(H2,28,34)(H2,29,35)/t14-/m0/s1. The molecule has 182 valence electrons. The molecule has 0 aliphatic carbocycles. The minimum Gasteiger partial charge on any atom is -0.366 e. The molecule has 1 atom stereocenters. The topological polar surface area (TPSA) is 124 Å². The molecule has 2 aromatic carbocycles. The molecule has 4 N–H and O–H groups in total. The Balaban J connectivity index is 2.02. The van der Waals surface area contributed by atoms with E-state index in [0.29, 0.717) is 24.9 Å². The number of piperidine rings is 1. The largest absolute Gasteiger partial charge is 0.418 e. The van der Waals surface area contributed by atoms with Crippen molar-refractivity contribution in [1.82, 2.24) is 14.5 Å². The summed E-state index contributed by atoms with van der Waals surface area (Å²) in [6.45, 7) is 4.13. The molecule has 8 nitrogen and oxygen atoms in total. The number of hydrogen-bond acceptors (Lipinski definition) is 4. The highest BCUT2D eigenvalue weighted by Crippen LogP contribution is 2.41. The van der Waals surface area contributed by atoms with Crippen molar-refractivity contribution in [2.24, 2.45) is 11.5 Å². The van der Waals surface area contributed by atoms with Gasteiger partial charge in [-0.15, -0.1) is 0 Å². The number of nitrogens with two attached hydrogens (primary N) is 2. The number of carbonyl (C=O) groups excluding carboxylic acids is 3. The number of primary amides is 2. The average molecular weight is 485 g/mol. The lowest BCUT2D eigenvalue weighted by molar-refractivity contribution is -0.137. The van der Waals surface area contributed by atoms with Gasteiger partial charge < -0.3 is 16.4 Å². The number of rotatable bonds is 5. The second-order valence-electron chi connectivity index (χ2n) is 8.27. The van der Waals surface area contributed by atoms with Crippen LogP contribution in [-0.4, -0.2) is 45.3 Å². The number of aromatic nitrogens is 2. The van der Waals surface area contributed by atoms with Crippen LogP contribution in [0, 0.1) is 0 Å². The van der Waals surface area contributed by atoms with Gasteiger partial charge in [0.15, 0.2) is 0 Å². The molecular formula is C24H22F3N5O3. The smallest absolute Gasteiger partial charge is 0.366 e. The first kappa shape index (κ1) is 24.0. The van der Waals surface area contributed by atoms with Gasteiger partial charge in [0, 0.05) is 24.6 Å². The summed E-state index contributed by atoms with van der Waals surface area (Å²) >= 11 is 0. The van der Waals surface area contributed by atoms with E-state index >= 15 is 0 Å². The fourth-order valence-electron chi connectivity index (χ4n) is 4.55. The van der Waals surface area contributed by atoms with Crippen molar-refractivity contribution in [3.05, 3.63) is 71.6 Å². The quantitative estimate of drug-likeness (QED) is 0.539. The maximum absolute atomic E-state index is 14.3. The number of amides is 3. The van der Waals surface area contributed by atoms with Gasteiger partial charge in [-0.25, -0.2) is 4.98 Å². The van der Waals surface area contributed by atoms with Crippen LogP contribution in [0.5, 0.6) is 0 Å². The zero-order valence-corrected chi connectivity index (χ0v) is 18.5. The Bertz CT molecular complexity index is 1360. The summed E-state index contributed by atoms with van der Waals surface area (Å²) < 4.78 is 43.9. The number of nitrogens with zero attached hydrogens (tertiary/aromatic N) is 3. The first-order valence-corrected chi connectivity index (χ1v) is 10.8. The van der Waals surface area contributed by atoms with E-state index in [1.54, 1.807) is 6.07 Å². The van der Waals surface area contributed by atoms with Crippen LogP contribution >= 0.6 is 0 Å². The molecular weight excluding hydrogens is 463 g/mol. The second kappa shape index (κ2) is 8.90. The van der Waals surface area contributed by atoms with Crippen LogP contribution < -0.4 is 11.5 Å². The maximum atomic E-state index is 14.3. The molecule has 2 heterocycles. The number of fused-ring (bicyclic) bond motifs is 1. The third-order valence-corrected chi connectivity index (χ3v) is 6.10. The van der Waals surface area contributed by atoms with E-state index in [-0.39, 0.29) is 34.7 Å².